The largest absolute Gasteiger partial charge is 0.459 e. The van der Waals surface area contributed by atoms with Crippen LogP contribution in [-0.4, -0.2) is 60.5 Å². The van der Waals surface area contributed by atoms with Crippen molar-refractivity contribution in [2.75, 3.05) is 6.61 Å². The number of carbonyl (C=O) groups excluding carboxylic acids is 4. The SMILES string of the molecule is CC(C)(C)[Si](OC[C@H](c1ccccc1)N1C(=O)[C@@H](N2C(=O)c3ccccc3C2=O)[C@H]1C(=O)OCc1ccccc1)(c1ccccc1)c1ccccc1. The van der Waals surface area contributed by atoms with E-state index in [9.17, 15) is 19.2 Å². The molecule has 0 radical (unpaired) electrons. The van der Waals surface area contributed by atoms with Crippen molar-refractivity contribution >= 4 is 42.4 Å². The Kier molecular flexibility index (Phi) is 9.48. The number of carbonyl (C=O) groups is 4. The number of likely N-dealkylation sites (tertiary alicyclic amines) is 1. The number of hydrogen-bond acceptors (Lipinski definition) is 6. The van der Waals surface area contributed by atoms with E-state index < -0.39 is 50.1 Å². The first kappa shape index (κ1) is 34.8. The zero-order chi connectivity index (χ0) is 36.5. The molecule has 2 heterocycles. The molecular formula is C43H40N2O6Si. The van der Waals surface area contributed by atoms with Gasteiger partial charge in [0, 0.05) is 0 Å². The zero-order valence-electron chi connectivity index (χ0n) is 29.3. The van der Waals surface area contributed by atoms with E-state index in [4.69, 9.17) is 9.16 Å². The maximum Gasteiger partial charge on any atom is 0.331 e. The van der Waals surface area contributed by atoms with Crippen molar-refractivity contribution in [2.45, 2.75) is 50.5 Å². The molecule has 8 nitrogen and oxygen atoms in total. The van der Waals surface area contributed by atoms with E-state index in [0.29, 0.717) is 0 Å². The molecule has 0 saturated carbocycles. The molecular weight excluding hydrogens is 669 g/mol. The third-order valence-corrected chi connectivity index (χ3v) is 15.1. The Morgan fingerprint density at radius 2 is 1.13 bits per heavy atom. The minimum Gasteiger partial charge on any atom is -0.459 e. The summed E-state index contributed by atoms with van der Waals surface area (Å²) in [5, 5.41) is 1.78. The Morgan fingerprint density at radius 1 is 0.673 bits per heavy atom. The summed E-state index contributed by atoms with van der Waals surface area (Å²) in [6.45, 7) is 6.52. The number of amides is 3. The van der Waals surface area contributed by atoms with Crippen molar-refractivity contribution in [1.29, 1.82) is 0 Å². The Hall–Kier alpha value is -5.64. The molecule has 52 heavy (non-hydrogen) atoms. The lowest BCUT2D eigenvalue weighted by Crippen LogP contribution is -2.75. The summed E-state index contributed by atoms with van der Waals surface area (Å²) in [5.41, 5.74) is 1.91. The molecule has 2 aliphatic rings. The maximum absolute atomic E-state index is 14.6. The van der Waals surface area contributed by atoms with Gasteiger partial charge in [-0.25, -0.2) is 4.79 Å². The predicted molar refractivity (Wildman–Crippen MR) is 200 cm³/mol. The molecule has 7 rings (SSSR count). The van der Waals surface area contributed by atoms with Crippen LogP contribution in [0.25, 0.3) is 0 Å². The maximum atomic E-state index is 14.6. The highest BCUT2D eigenvalue weighted by molar-refractivity contribution is 6.99. The van der Waals surface area contributed by atoms with Crippen LogP contribution in [0.4, 0.5) is 0 Å². The van der Waals surface area contributed by atoms with E-state index in [-0.39, 0.29) is 29.4 Å². The second-order valence-electron chi connectivity index (χ2n) is 14.2. The number of hydrogen-bond donors (Lipinski definition) is 0. The highest BCUT2D eigenvalue weighted by atomic mass is 28.4. The van der Waals surface area contributed by atoms with Crippen LogP contribution in [0.1, 0.15) is 58.7 Å². The van der Waals surface area contributed by atoms with Crippen molar-refractivity contribution in [3.05, 3.63) is 168 Å². The van der Waals surface area contributed by atoms with Crippen molar-refractivity contribution in [3.8, 4) is 0 Å². The second kappa shape index (κ2) is 14.2. The molecule has 3 atom stereocenters. The molecule has 0 N–H and O–H groups in total. The topological polar surface area (TPSA) is 93.2 Å². The van der Waals surface area contributed by atoms with Crippen LogP contribution in [-0.2, 0) is 25.4 Å². The van der Waals surface area contributed by atoms with Gasteiger partial charge in [-0.1, -0.05) is 154 Å². The van der Waals surface area contributed by atoms with Gasteiger partial charge >= 0.3 is 5.97 Å². The lowest BCUT2D eigenvalue weighted by molar-refractivity contribution is -0.179. The number of fused-ring (bicyclic) bond motifs is 1. The lowest BCUT2D eigenvalue weighted by atomic mass is 9.88. The van der Waals surface area contributed by atoms with E-state index in [0.717, 1.165) is 26.4 Å². The summed E-state index contributed by atoms with van der Waals surface area (Å²) in [5.74, 6) is -2.47. The van der Waals surface area contributed by atoms with Gasteiger partial charge in [0.15, 0.2) is 12.1 Å². The Bertz CT molecular complexity index is 2010. The Labute approximate surface area is 304 Å². The first-order valence-corrected chi connectivity index (χ1v) is 19.3. The summed E-state index contributed by atoms with van der Waals surface area (Å²) in [6, 6.07) is 42.1. The summed E-state index contributed by atoms with van der Waals surface area (Å²) in [4.78, 5) is 58.7. The molecule has 2 aliphatic heterocycles. The first-order chi connectivity index (χ1) is 25.1. The molecule has 0 aromatic heterocycles. The third-order valence-electron chi connectivity index (χ3n) is 10.1. The van der Waals surface area contributed by atoms with Gasteiger partial charge in [-0.3, -0.25) is 19.3 Å². The number of β-lactam (4-membered cyclic amide) rings is 1. The van der Waals surface area contributed by atoms with Crippen LogP contribution in [0.2, 0.25) is 5.04 Å². The summed E-state index contributed by atoms with van der Waals surface area (Å²) >= 11 is 0. The van der Waals surface area contributed by atoms with Crippen LogP contribution in [0.15, 0.2) is 146 Å². The molecule has 262 valence electrons. The Balaban J connectivity index is 1.30. The molecule has 1 saturated heterocycles. The van der Waals surface area contributed by atoms with Crippen molar-refractivity contribution in [2.24, 2.45) is 0 Å². The van der Waals surface area contributed by atoms with Crippen LogP contribution >= 0.6 is 0 Å². The molecule has 9 heteroatoms. The van der Waals surface area contributed by atoms with Crippen LogP contribution in [0.5, 0.6) is 0 Å². The normalized spacial score (nSPS) is 17.8. The van der Waals surface area contributed by atoms with E-state index in [1.807, 2.05) is 97.1 Å². The van der Waals surface area contributed by atoms with Gasteiger partial charge in [0.1, 0.15) is 6.61 Å². The number of ether oxygens (including phenoxy) is 1. The predicted octanol–water partition coefficient (Wildman–Crippen LogP) is 5.92. The van der Waals surface area contributed by atoms with Crippen molar-refractivity contribution in [1.82, 2.24) is 9.80 Å². The summed E-state index contributed by atoms with van der Waals surface area (Å²) in [6.07, 6.45) is 0. The average molecular weight is 709 g/mol. The molecule has 0 aliphatic carbocycles. The minimum atomic E-state index is -3.09. The standard InChI is InChI=1S/C43H40N2O6Si/c1-43(2,3)52(32-22-12-6-13-23-32,33-24-14-7-15-25-33)51-29-36(31-20-10-5-11-21-31)44-38(42(49)50-28-30-18-8-4-9-19-30)37(41(44)48)45-39(46)34-26-16-17-27-35(34)40(45)47/h4-27,36-38H,28-29H2,1-3H3/t36-,37+,38+/m1/s1. The number of esters is 1. The van der Waals surface area contributed by atoms with Gasteiger partial charge in [0.05, 0.1) is 23.8 Å². The molecule has 5 aromatic rings. The molecule has 0 bridgehead atoms. The van der Waals surface area contributed by atoms with Gasteiger partial charge in [-0.05, 0) is 38.7 Å². The van der Waals surface area contributed by atoms with E-state index in [1.165, 1.54) is 4.90 Å². The average Bonchev–Trinajstić information content (AvgIpc) is 3.41. The van der Waals surface area contributed by atoms with Crippen LogP contribution in [0, 0.1) is 0 Å². The quantitative estimate of drug-likeness (QED) is 0.0732. The smallest absolute Gasteiger partial charge is 0.331 e. The molecule has 3 amide bonds. The Morgan fingerprint density at radius 3 is 1.63 bits per heavy atom. The fourth-order valence-corrected chi connectivity index (χ4v) is 12.2. The number of benzene rings is 5. The van der Waals surface area contributed by atoms with Crippen molar-refractivity contribution in [3.63, 3.8) is 0 Å². The lowest BCUT2D eigenvalue weighted by Gasteiger charge is -2.52. The fraction of sp³-hybridized carbons (Fsp3) is 0.209. The molecule has 5 aromatic carbocycles. The van der Waals surface area contributed by atoms with E-state index >= 15 is 0 Å². The fourth-order valence-electron chi connectivity index (χ4n) is 7.59. The van der Waals surface area contributed by atoms with Crippen molar-refractivity contribution < 1.29 is 28.3 Å². The monoisotopic (exact) mass is 708 g/mol. The molecule has 0 spiro atoms. The summed E-state index contributed by atoms with van der Waals surface area (Å²) in [7, 11) is -3.09. The van der Waals surface area contributed by atoms with Gasteiger partial charge < -0.3 is 14.1 Å². The number of rotatable bonds is 11. The van der Waals surface area contributed by atoms with E-state index in [2.05, 4.69) is 45.0 Å². The number of imide groups is 1. The minimum absolute atomic E-state index is 0.0401. The van der Waals surface area contributed by atoms with E-state index in [1.54, 1.807) is 24.3 Å². The van der Waals surface area contributed by atoms with Gasteiger partial charge in [0.25, 0.3) is 20.1 Å². The summed E-state index contributed by atoms with van der Waals surface area (Å²) < 4.78 is 13.2. The molecule has 0 unspecified atom stereocenters. The third kappa shape index (κ3) is 6.05. The first-order valence-electron chi connectivity index (χ1n) is 17.4. The highest BCUT2D eigenvalue weighted by Crippen LogP contribution is 2.42. The second-order valence-corrected chi connectivity index (χ2v) is 18.5. The number of nitrogens with zero attached hydrogens (tertiary/aromatic N) is 2. The van der Waals surface area contributed by atoms with Crippen LogP contribution in [0.3, 0.4) is 0 Å². The van der Waals surface area contributed by atoms with Gasteiger partial charge in [-0.2, -0.15) is 0 Å². The van der Waals surface area contributed by atoms with Crippen LogP contribution < -0.4 is 10.4 Å². The zero-order valence-corrected chi connectivity index (χ0v) is 30.3. The van der Waals surface area contributed by atoms with Gasteiger partial charge in [-0.15, -0.1) is 0 Å². The van der Waals surface area contributed by atoms with Gasteiger partial charge in [0.2, 0.25) is 5.91 Å². The molecule has 1 fully saturated rings. The highest BCUT2D eigenvalue weighted by Gasteiger charge is 2.62.